The van der Waals surface area contributed by atoms with Gasteiger partial charge in [0, 0.05) is 44.2 Å². The molecule has 3 aromatic rings. The van der Waals surface area contributed by atoms with E-state index < -0.39 is 0 Å². The Morgan fingerprint density at radius 1 is 1.17 bits per heavy atom. The number of nitro benzene ring substituents is 1. The summed E-state index contributed by atoms with van der Waals surface area (Å²) in [4.78, 5) is 39.7. The molecule has 0 saturated carbocycles. The summed E-state index contributed by atoms with van der Waals surface area (Å²) in [6, 6.07) is 9.43. The second-order valence-electron chi connectivity index (χ2n) is 9.22. The van der Waals surface area contributed by atoms with Gasteiger partial charge >= 0.3 is 0 Å². The number of hydrogen-bond donors (Lipinski definition) is 1. The first-order valence-corrected chi connectivity index (χ1v) is 11.9. The molecule has 2 aromatic carbocycles. The molecule has 0 aliphatic carbocycles. The molecule has 1 aromatic heterocycles. The minimum absolute atomic E-state index is 0.0150. The van der Waals surface area contributed by atoms with Crippen LogP contribution in [0.4, 0.5) is 22.9 Å². The molecule has 0 radical (unpaired) electrons. The van der Waals surface area contributed by atoms with E-state index in [1.165, 1.54) is 6.33 Å². The van der Waals surface area contributed by atoms with E-state index in [1.54, 1.807) is 12.1 Å². The molecular weight excluding hydrogens is 446 g/mol. The van der Waals surface area contributed by atoms with Crippen molar-refractivity contribution in [2.24, 2.45) is 0 Å². The third-order valence-electron chi connectivity index (χ3n) is 6.92. The number of nitrogens with zero attached hydrogens (tertiary/aromatic N) is 6. The normalized spacial score (nSPS) is 16.5. The summed E-state index contributed by atoms with van der Waals surface area (Å²) in [5.74, 6) is 0.780. The lowest BCUT2D eigenvalue weighted by Crippen LogP contribution is -2.53. The molecule has 1 N–H and O–H groups in total. The highest BCUT2D eigenvalue weighted by Gasteiger charge is 2.35. The predicted molar refractivity (Wildman–Crippen MR) is 136 cm³/mol. The van der Waals surface area contributed by atoms with Crippen molar-refractivity contribution < 1.29 is 9.72 Å². The van der Waals surface area contributed by atoms with Crippen molar-refractivity contribution in [2.45, 2.75) is 32.7 Å². The summed E-state index contributed by atoms with van der Waals surface area (Å²) in [5, 5.41) is 15.4. The molecule has 1 fully saturated rings. The highest BCUT2D eigenvalue weighted by molar-refractivity contribution is 6.02. The maximum absolute atomic E-state index is 13.3. The smallest absolute Gasteiger partial charge is 0.293 e. The van der Waals surface area contributed by atoms with Crippen molar-refractivity contribution in [1.82, 2.24) is 14.9 Å². The molecule has 2 aliphatic heterocycles. The number of carbonyl (C=O) groups excluding carboxylic acids is 1. The van der Waals surface area contributed by atoms with Crippen LogP contribution < -0.4 is 15.1 Å². The number of rotatable bonds is 5. The lowest BCUT2D eigenvalue weighted by atomic mass is 9.99. The second-order valence-corrected chi connectivity index (χ2v) is 9.22. The summed E-state index contributed by atoms with van der Waals surface area (Å²) in [6.07, 6.45) is 3.10. The topological polar surface area (TPSA) is 108 Å². The van der Waals surface area contributed by atoms with E-state index in [0.717, 1.165) is 29.7 Å². The van der Waals surface area contributed by atoms with Crippen molar-refractivity contribution in [1.29, 1.82) is 0 Å². The van der Waals surface area contributed by atoms with Crippen LogP contribution in [0, 0.1) is 17.0 Å². The van der Waals surface area contributed by atoms with E-state index in [1.807, 2.05) is 44.0 Å². The van der Waals surface area contributed by atoms with Crippen molar-refractivity contribution in [2.75, 3.05) is 48.5 Å². The summed E-state index contributed by atoms with van der Waals surface area (Å²) in [5.41, 5.74) is 3.94. The maximum Gasteiger partial charge on any atom is 0.293 e. The van der Waals surface area contributed by atoms with Crippen molar-refractivity contribution in [3.05, 3.63) is 57.9 Å². The van der Waals surface area contributed by atoms with Crippen LogP contribution in [0.3, 0.4) is 0 Å². The third-order valence-corrected chi connectivity index (χ3v) is 6.92. The molecule has 3 heterocycles. The van der Waals surface area contributed by atoms with Gasteiger partial charge in [-0.15, -0.1) is 0 Å². The summed E-state index contributed by atoms with van der Waals surface area (Å²) >= 11 is 0. The summed E-state index contributed by atoms with van der Waals surface area (Å²) in [6.45, 7) is 6.44. The van der Waals surface area contributed by atoms with Crippen molar-refractivity contribution >= 4 is 39.7 Å². The van der Waals surface area contributed by atoms with Crippen molar-refractivity contribution in [3.63, 3.8) is 0 Å². The first-order valence-electron chi connectivity index (χ1n) is 11.9. The van der Waals surface area contributed by atoms with Gasteiger partial charge in [-0.3, -0.25) is 14.9 Å². The number of nitrogens with one attached hydrogen (secondary N) is 1. The van der Waals surface area contributed by atoms with E-state index in [0.29, 0.717) is 48.7 Å². The first-order chi connectivity index (χ1) is 16.9. The number of amides is 1. The Bertz CT molecular complexity index is 1300. The Hall–Kier alpha value is -3.95. The number of benzene rings is 2. The van der Waals surface area contributed by atoms with Crippen molar-refractivity contribution in [3.8, 4) is 0 Å². The SMILES string of the molecule is CCNc1cc2ncnc(N3CCC(N4CN(C)c5ccc(C)cc5C4=O)CC3)c2cc1[N+](=O)[O-]. The fourth-order valence-corrected chi connectivity index (χ4v) is 5.16. The second kappa shape index (κ2) is 9.01. The van der Waals surface area contributed by atoms with Crippen LogP contribution in [0.15, 0.2) is 36.7 Å². The highest BCUT2D eigenvalue weighted by atomic mass is 16.6. The van der Waals surface area contributed by atoms with Gasteiger partial charge in [0.05, 0.1) is 28.4 Å². The monoisotopic (exact) mass is 475 g/mol. The number of carbonyl (C=O) groups is 1. The van der Waals surface area contributed by atoms with E-state index in [9.17, 15) is 14.9 Å². The fourth-order valence-electron chi connectivity index (χ4n) is 5.16. The van der Waals surface area contributed by atoms with Crippen LogP contribution in [0.5, 0.6) is 0 Å². The van der Waals surface area contributed by atoms with E-state index in [-0.39, 0.29) is 22.6 Å². The Morgan fingerprint density at radius 2 is 1.94 bits per heavy atom. The molecule has 35 heavy (non-hydrogen) atoms. The van der Waals surface area contributed by atoms with Crippen LogP contribution in [-0.4, -0.2) is 65.1 Å². The molecule has 5 rings (SSSR count). The number of nitro groups is 1. The number of aromatic nitrogens is 2. The minimum atomic E-state index is -0.377. The molecule has 0 atom stereocenters. The van der Waals surface area contributed by atoms with E-state index in [4.69, 9.17) is 0 Å². The van der Waals surface area contributed by atoms with Gasteiger partial charge in [-0.1, -0.05) is 11.6 Å². The highest BCUT2D eigenvalue weighted by Crippen LogP contribution is 2.35. The largest absolute Gasteiger partial charge is 0.380 e. The molecule has 0 unspecified atom stereocenters. The average Bonchev–Trinajstić information content (AvgIpc) is 2.85. The van der Waals surface area contributed by atoms with Crippen LogP contribution in [0.25, 0.3) is 10.9 Å². The van der Waals surface area contributed by atoms with Crippen LogP contribution >= 0.6 is 0 Å². The summed E-state index contributed by atoms with van der Waals surface area (Å²) in [7, 11) is 2.02. The minimum Gasteiger partial charge on any atom is -0.380 e. The van der Waals surface area contributed by atoms with Crippen LogP contribution in [-0.2, 0) is 0 Å². The zero-order valence-corrected chi connectivity index (χ0v) is 20.2. The van der Waals surface area contributed by atoms with Gasteiger partial charge in [-0.05, 0) is 44.9 Å². The maximum atomic E-state index is 13.3. The zero-order valence-electron chi connectivity index (χ0n) is 20.2. The number of hydrogen-bond acceptors (Lipinski definition) is 8. The number of aryl methyl sites for hydroxylation is 1. The number of piperidine rings is 1. The molecule has 182 valence electrons. The average molecular weight is 476 g/mol. The quantitative estimate of drug-likeness (QED) is 0.439. The van der Waals surface area contributed by atoms with Gasteiger partial charge in [0.15, 0.2) is 0 Å². The fraction of sp³-hybridized carbons (Fsp3) is 0.400. The lowest BCUT2D eigenvalue weighted by Gasteiger charge is -2.43. The van der Waals surface area contributed by atoms with E-state index in [2.05, 4.69) is 25.1 Å². The molecule has 2 aliphatic rings. The van der Waals surface area contributed by atoms with E-state index >= 15 is 0 Å². The molecule has 10 heteroatoms. The Morgan fingerprint density at radius 3 is 2.66 bits per heavy atom. The van der Waals surface area contributed by atoms with Gasteiger partial charge in [-0.25, -0.2) is 9.97 Å². The Kier molecular flexibility index (Phi) is 5.88. The van der Waals surface area contributed by atoms with Crippen LogP contribution in [0.2, 0.25) is 0 Å². The molecule has 10 nitrogen and oxygen atoms in total. The molecule has 1 amide bonds. The molecule has 0 spiro atoms. The lowest BCUT2D eigenvalue weighted by molar-refractivity contribution is -0.383. The Balaban J connectivity index is 1.38. The number of fused-ring (bicyclic) bond motifs is 2. The third kappa shape index (κ3) is 4.09. The predicted octanol–water partition coefficient (Wildman–Crippen LogP) is 3.80. The molecule has 0 bridgehead atoms. The Labute approximate surface area is 203 Å². The molecular formula is C25H29N7O3. The zero-order chi connectivity index (χ0) is 24.7. The molecule has 1 saturated heterocycles. The van der Waals surface area contributed by atoms with Gasteiger partial charge in [-0.2, -0.15) is 0 Å². The van der Waals surface area contributed by atoms with Gasteiger partial charge < -0.3 is 20.0 Å². The number of anilines is 3. The standard InChI is InChI=1S/C25H29N7O3/c1-4-26-21-13-20-18(12-23(21)32(34)35)24(28-14-27-20)30-9-7-17(8-10-30)31-15-29(3)22-6-5-16(2)11-19(22)25(31)33/h5-6,11-14,17,26H,4,7-10,15H2,1-3H3. The van der Waals surface area contributed by atoms with Gasteiger partial charge in [0.2, 0.25) is 0 Å². The van der Waals surface area contributed by atoms with Gasteiger partial charge in [0.1, 0.15) is 17.8 Å². The summed E-state index contributed by atoms with van der Waals surface area (Å²) < 4.78 is 0. The van der Waals surface area contributed by atoms with Crippen LogP contribution in [0.1, 0.15) is 35.7 Å². The van der Waals surface area contributed by atoms with Gasteiger partial charge in [0.25, 0.3) is 11.6 Å². The first kappa shape index (κ1) is 22.8.